The van der Waals surface area contributed by atoms with Crippen molar-refractivity contribution in [3.05, 3.63) is 69.3 Å². The molecule has 30 heavy (non-hydrogen) atoms. The molecule has 3 rings (SSSR count). The van der Waals surface area contributed by atoms with E-state index in [1.54, 1.807) is 49.3 Å². The van der Waals surface area contributed by atoms with E-state index < -0.39 is 22.8 Å². The van der Waals surface area contributed by atoms with E-state index >= 15 is 0 Å². The smallest absolute Gasteiger partial charge is 0.335 e. The van der Waals surface area contributed by atoms with E-state index in [1.807, 2.05) is 6.92 Å². The first-order chi connectivity index (χ1) is 14.2. The third-order valence-corrected chi connectivity index (χ3v) is 4.70. The van der Waals surface area contributed by atoms with E-state index in [0.29, 0.717) is 23.4 Å². The summed E-state index contributed by atoms with van der Waals surface area (Å²) in [6.45, 7) is 1.89. The summed E-state index contributed by atoms with van der Waals surface area (Å²) in [6.07, 6.45) is 1.83. The number of para-hydroxylation sites is 1. The SMILES string of the molecule is CCc1ccccc1N1C(=O)NC(=O)/C(=C/c2ccc(N(C)C)c([N+](=O)[O-])c2)C1=O. The maximum atomic E-state index is 13.0. The zero-order valence-electron chi connectivity index (χ0n) is 16.7. The van der Waals surface area contributed by atoms with Gasteiger partial charge in [0.2, 0.25) is 0 Å². The van der Waals surface area contributed by atoms with Crippen LogP contribution in [-0.4, -0.2) is 36.9 Å². The number of rotatable bonds is 5. The number of barbiturate groups is 1. The van der Waals surface area contributed by atoms with Crippen LogP contribution in [-0.2, 0) is 16.0 Å². The Morgan fingerprint density at radius 2 is 1.83 bits per heavy atom. The molecule has 1 aliphatic rings. The number of carbonyl (C=O) groups is 3. The summed E-state index contributed by atoms with van der Waals surface area (Å²) >= 11 is 0. The molecular weight excluding hydrogens is 388 g/mol. The van der Waals surface area contributed by atoms with Gasteiger partial charge in [-0.2, -0.15) is 0 Å². The number of anilines is 2. The van der Waals surface area contributed by atoms with Crippen molar-refractivity contribution in [1.82, 2.24) is 5.32 Å². The number of nitro groups is 1. The molecule has 4 amide bonds. The Balaban J connectivity index is 2.07. The van der Waals surface area contributed by atoms with Crippen molar-refractivity contribution in [2.45, 2.75) is 13.3 Å². The van der Waals surface area contributed by atoms with Crippen molar-refractivity contribution >= 4 is 41.0 Å². The molecule has 0 spiro atoms. The van der Waals surface area contributed by atoms with Crippen molar-refractivity contribution in [3.8, 4) is 0 Å². The lowest BCUT2D eigenvalue weighted by Gasteiger charge is -2.28. The van der Waals surface area contributed by atoms with Gasteiger partial charge in [0, 0.05) is 20.2 Å². The lowest BCUT2D eigenvalue weighted by Crippen LogP contribution is -2.54. The van der Waals surface area contributed by atoms with Crippen molar-refractivity contribution < 1.29 is 19.3 Å². The number of amides is 4. The average Bonchev–Trinajstić information content (AvgIpc) is 2.71. The van der Waals surface area contributed by atoms with E-state index in [-0.39, 0.29) is 11.3 Å². The molecule has 0 atom stereocenters. The fraction of sp³-hybridized carbons (Fsp3) is 0.190. The third-order valence-electron chi connectivity index (χ3n) is 4.70. The maximum Gasteiger partial charge on any atom is 0.335 e. The first-order valence-electron chi connectivity index (χ1n) is 9.19. The van der Waals surface area contributed by atoms with Gasteiger partial charge in [-0.05, 0) is 35.8 Å². The lowest BCUT2D eigenvalue weighted by atomic mass is 10.0. The number of carbonyl (C=O) groups excluding carboxylic acids is 3. The largest absolute Gasteiger partial charge is 0.372 e. The maximum absolute atomic E-state index is 13.0. The number of hydrogen-bond donors (Lipinski definition) is 1. The number of hydrogen-bond acceptors (Lipinski definition) is 6. The van der Waals surface area contributed by atoms with Crippen LogP contribution >= 0.6 is 0 Å². The van der Waals surface area contributed by atoms with Crippen LogP contribution in [0.3, 0.4) is 0 Å². The highest BCUT2D eigenvalue weighted by atomic mass is 16.6. The van der Waals surface area contributed by atoms with E-state index in [9.17, 15) is 24.5 Å². The first kappa shape index (κ1) is 20.7. The predicted molar refractivity (Wildman–Crippen MR) is 112 cm³/mol. The molecule has 1 aliphatic heterocycles. The summed E-state index contributed by atoms with van der Waals surface area (Å²) in [5.74, 6) is -1.64. The Bertz CT molecular complexity index is 1090. The molecule has 2 aromatic carbocycles. The fourth-order valence-electron chi connectivity index (χ4n) is 3.23. The topological polar surface area (TPSA) is 113 Å². The second-order valence-corrected chi connectivity index (χ2v) is 6.84. The lowest BCUT2D eigenvalue weighted by molar-refractivity contribution is -0.384. The highest BCUT2D eigenvalue weighted by Gasteiger charge is 2.37. The monoisotopic (exact) mass is 408 g/mol. The number of nitro benzene ring substituents is 1. The second-order valence-electron chi connectivity index (χ2n) is 6.84. The molecule has 0 saturated carbocycles. The highest BCUT2D eigenvalue weighted by molar-refractivity contribution is 6.39. The predicted octanol–water partition coefficient (Wildman–Crippen LogP) is 2.89. The third kappa shape index (κ3) is 3.77. The minimum atomic E-state index is -0.852. The Kier molecular flexibility index (Phi) is 5.63. The van der Waals surface area contributed by atoms with Gasteiger partial charge in [-0.25, -0.2) is 9.69 Å². The van der Waals surface area contributed by atoms with Gasteiger partial charge in [-0.1, -0.05) is 31.2 Å². The van der Waals surface area contributed by atoms with Crippen LogP contribution in [0.15, 0.2) is 48.0 Å². The fourth-order valence-corrected chi connectivity index (χ4v) is 3.23. The zero-order valence-corrected chi connectivity index (χ0v) is 16.7. The minimum Gasteiger partial charge on any atom is -0.372 e. The Morgan fingerprint density at radius 1 is 1.13 bits per heavy atom. The van der Waals surface area contributed by atoms with Gasteiger partial charge < -0.3 is 4.90 Å². The molecular formula is C21H20N4O5. The van der Waals surface area contributed by atoms with Gasteiger partial charge in [0.1, 0.15) is 11.3 Å². The average molecular weight is 408 g/mol. The van der Waals surface area contributed by atoms with Crippen LogP contribution < -0.4 is 15.1 Å². The standard InChI is InChI=1S/C21H20N4O5/c1-4-14-7-5-6-8-16(14)24-20(27)15(19(26)22-21(24)28)11-13-9-10-17(23(2)3)18(12-13)25(29)30/h5-12H,4H2,1-3H3,(H,22,26,28)/b15-11-. The summed E-state index contributed by atoms with van der Waals surface area (Å²) < 4.78 is 0. The molecule has 9 heteroatoms. The van der Waals surface area contributed by atoms with Crippen molar-refractivity contribution in [2.75, 3.05) is 23.9 Å². The number of aryl methyl sites for hydroxylation is 1. The molecule has 9 nitrogen and oxygen atoms in total. The molecule has 0 aromatic heterocycles. The van der Waals surface area contributed by atoms with Gasteiger partial charge in [0.25, 0.3) is 17.5 Å². The number of urea groups is 1. The number of nitrogens with zero attached hydrogens (tertiary/aromatic N) is 3. The quantitative estimate of drug-likeness (QED) is 0.352. The van der Waals surface area contributed by atoms with Gasteiger partial charge >= 0.3 is 6.03 Å². The second kappa shape index (κ2) is 8.16. The molecule has 154 valence electrons. The number of imide groups is 2. The van der Waals surface area contributed by atoms with Gasteiger partial charge in [-0.3, -0.25) is 25.0 Å². The zero-order chi connectivity index (χ0) is 22.0. The first-order valence-corrected chi connectivity index (χ1v) is 9.19. The molecule has 0 bridgehead atoms. The Morgan fingerprint density at radius 3 is 2.47 bits per heavy atom. The molecule has 1 N–H and O–H groups in total. The minimum absolute atomic E-state index is 0.165. The Labute approximate surface area is 172 Å². The van der Waals surface area contributed by atoms with Crippen LogP contribution in [0.2, 0.25) is 0 Å². The molecule has 0 radical (unpaired) electrons. The van der Waals surface area contributed by atoms with Crippen molar-refractivity contribution in [1.29, 1.82) is 0 Å². The summed E-state index contributed by atoms with van der Waals surface area (Å²) in [4.78, 5) is 51.2. The van der Waals surface area contributed by atoms with Crippen molar-refractivity contribution in [2.24, 2.45) is 0 Å². The van der Waals surface area contributed by atoms with Gasteiger partial charge in [0.15, 0.2) is 0 Å². The summed E-state index contributed by atoms with van der Waals surface area (Å²) in [7, 11) is 3.35. The molecule has 1 saturated heterocycles. The van der Waals surface area contributed by atoms with Crippen LogP contribution in [0.25, 0.3) is 6.08 Å². The normalized spacial score (nSPS) is 15.4. The van der Waals surface area contributed by atoms with Crippen LogP contribution in [0.5, 0.6) is 0 Å². The van der Waals surface area contributed by atoms with E-state index in [4.69, 9.17) is 0 Å². The van der Waals surface area contributed by atoms with Crippen LogP contribution in [0.4, 0.5) is 21.9 Å². The highest BCUT2D eigenvalue weighted by Crippen LogP contribution is 2.30. The molecule has 0 aliphatic carbocycles. The Hall–Kier alpha value is -4.01. The van der Waals surface area contributed by atoms with E-state index in [2.05, 4.69) is 5.32 Å². The van der Waals surface area contributed by atoms with E-state index in [1.165, 1.54) is 18.2 Å². The summed E-state index contributed by atoms with van der Waals surface area (Å²) in [6, 6.07) is 10.4. The van der Waals surface area contributed by atoms with Crippen LogP contribution in [0.1, 0.15) is 18.1 Å². The summed E-state index contributed by atoms with van der Waals surface area (Å²) in [5.41, 5.74) is 1.38. The molecule has 0 unspecified atom stereocenters. The van der Waals surface area contributed by atoms with Gasteiger partial charge in [0.05, 0.1) is 10.6 Å². The molecule has 1 heterocycles. The number of benzene rings is 2. The van der Waals surface area contributed by atoms with E-state index in [0.717, 1.165) is 10.5 Å². The van der Waals surface area contributed by atoms with Gasteiger partial charge in [-0.15, -0.1) is 0 Å². The van der Waals surface area contributed by atoms with Crippen LogP contribution in [0, 0.1) is 10.1 Å². The number of nitrogens with one attached hydrogen (secondary N) is 1. The molecule has 2 aromatic rings. The van der Waals surface area contributed by atoms with Crippen molar-refractivity contribution in [3.63, 3.8) is 0 Å². The molecule has 1 fully saturated rings. The summed E-state index contributed by atoms with van der Waals surface area (Å²) in [5, 5.41) is 13.6.